The second-order valence-corrected chi connectivity index (χ2v) is 1.59. The van der Waals surface area contributed by atoms with Gasteiger partial charge >= 0.3 is 5.97 Å². The van der Waals surface area contributed by atoms with Gasteiger partial charge in [0.1, 0.15) is 0 Å². The number of carbonyl (C=O) groups excluding carboxylic acids is 1. The third kappa shape index (κ3) is 5.30. The minimum Gasteiger partial charge on any atom is -0.665 e. The smallest absolute Gasteiger partial charge is 0.304 e. The van der Waals surface area contributed by atoms with Crippen LogP contribution in [-0.2, 0) is 9.53 Å². The van der Waals surface area contributed by atoms with Crippen LogP contribution in [0.3, 0.4) is 0 Å². The van der Waals surface area contributed by atoms with Gasteiger partial charge in [-0.05, 0) is 6.92 Å². The topological polar surface area (TPSA) is 40.4 Å². The summed E-state index contributed by atoms with van der Waals surface area (Å²) in [5, 5.41) is 3.76. The van der Waals surface area contributed by atoms with E-state index >= 15 is 0 Å². The van der Waals surface area contributed by atoms with E-state index in [1.165, 1.54) is 0 Å². The fraction of sp³-hybridized carbons (Fsp3) is 0.833. The Morgan fingerprint density at radius 1 is 1.67 bits per heavy atom. The summed E-state index contributed by atoms with van der Waals surface area (Å²) >= 11 is 0. The van der Waals surface area contributed by atoms with Gasteiger partial charge < -0.3 is 10.1 Å². The molecule has 0 aromatic carbocycles. The lowest BCUT2D eigenvalue weighted by Crippen LogP contribution is -2.05. The van der Waals surface area contributed by atoms with Gasteiger partial charge in [0.25, 0.3) is 0 Å². The molecule has 3 heteroatoms. The van der Waals surface area contributed by atoms with Crippen molar-refractivity contribution in [2.75, 3.05) is 20.2 Å². The fourth-order valence-electron chi connectivity index (χ4n) is 0.436. The molecular formula is C6H12NO2-. The van der Waals surface area contributed by atoms with Crippen LogP contribution in [0.4, 0.5) is 0 Å². The molecule has 0 heterocycles. The molecule has 0 aromatic heterocycles. The van der Waals surface area contributed by atoms with Crippen molar-refractivity contribution in [3.63, 3.8) is 0 Å². The third-order valence-corrected chi connectivity index (χ3v) is 0.845. The van der Waals surface area contributed by atoms with E-state index in [4.69, 9.17) is 0 Å². The Morgan fingerprint density at radius 2 is 2.33 bits per heavy atom. The molecular weight excluding hydrogens is 118 g/mol. The maximum absolute atomic E-state index is 10.5. The first kappa shape index (κ1) is 8.43. The Balaban J connectivity index is 3.06. The van der Waals surface area contributed by atoms with Crippen LogP contribution in [0.2, 0.25) is 0 Å². The maximum Gasteiger partial charge on any atom is 0.304 e. The van der Waals surface area contributed by atoms with E-state index in [0.29, 0.717) is 19.6 Å². The van der Waals surface area contributed by atoms with Crippen molar-refractivity contribution in [1.29, 1.82) is 0 Å². The van der Waals surface area contributed by atoms with Crippen molar-refractivity contribution in [2.45, 2.75) is 13.3 Å². The first-order valence-electron chi connectivity index (χ1n) is 3.02. The molecule has 0 fully saturated rings. The lowest BCUT2D eigenvalue weighted by Gasteiger charge is -2.08. The van der Waals surface area contributed by atoms with E-state index in [2.05, 4.69) is 10.1 Å². The highest BCUT2D eigenvalue weighted by atomic mass is 16.5. The summed E-state index contributed by atoms with van der Waals surface area (Å²) in [5.74, 6) is -0.164. The van der Waals surface area contributed by atoms with Gasteiger partial charge in [0.15, 0.2) is 0 Å². The fourth-order valence-corrected chi connectivity index (χ4v) is 0.436. The summed E-state index contributed by atoms with van der Waals surface area (Å²) in [6, 6.07) is 0. The highest BCUT2D eigenvalue weighted by molar-refractivity contribution is 5.69. The first-order chi connectivity index (χ1) is 4.31. The summed E-state index contributed by atoms with van der Waals surface area (Å²) in [7, 11) is 1.68. The predicted molar refractivity (Wildman–Crippen MR) is 35.4 cm³/mol. The van der Waals surface area contributed by atoms with Gasteiger partial charge in [0, 0.05) is 6.42 Å². The second-order valence-electron chi connectivity index (χ2n) is 1.59. The Hall–Kier alpha value is -0.570. The van der Waals surface area contributed by atoms with Crippen molar-refractivity contribution >= 4 is 5.97 Å². The molecule has 0 aliphatic heterocycles. The normalized spacial score (nSPS) is 9.11. The van der Waals surface area contributed by atoms with E-state index in [1.807, 2.05) is 0 Å². The van der Waals surface area contributed by atoms with Crippen LogP contribution in [0.25, 0.3) is 5.32 Å². The average molecular weight is 130 g/mol. The number of ether oxygens (including phenoxy) is 1. The van der Waals surface area contributed by atoms with Gasteiger partial charge in [-0.2, -0.15) is 7.05 Å². The van der Waals surface area contributed by atoms with Crippen LogP contribution in [0, 0.1) is 0 Å². The molecule has 0 N–H and O–H groups in total. The van der Waals surface area contributed by atoms with Crippen LogP contribution in [0.15, 0.2) is 0 Å². The number of esters is 1. The van der Waals surface area contributed by atoms with Crippen molar-refractivity contribution in [3.8, 4) is 0 Å². The van der Waals surface area contributed by atoms with E-state index in [9.17, 15) is 4.79 Å². The monoisotopic (exact) mass is 130 g/mol. The van der Waals surface area contributed by atoms with Crippen molar-refractivity contribution in [2.24, 2.45) is 0 Å². The Morgan fingerprint density at radius 3 is 2.78 bits per heavy atom. The van der Waals surface area contributed by atoms with Crippen LogP contribution in [-0.4, -0.2) is 26.2 Å². The zero-order chi connectivity index (χ0) is 7.11. The highest BCUT2D eigenvalue weighted by Gasteiger charge is 1.93. The molecule has 9 heavy (non-hydrogen) atoms. The first-order valence-corrected chi connectivity index (χ1v) is 3.02. The summed E-state index contributed by atoms with van der Waals surface area (Å²) in [5.41, 5.74) is 0. The third-order valence-electron chi connectivity index (χ3n) is 0.845. The van der Waals surface area contributed by atoms with E-state index in [0.717, 1.165) is 0 Å². The molecule has 0 radical (unpaired) electrons. The minimum absolute atomic E-state index is 0.164. The predicted octanol–water partition coefficient (Wildman–Crippen LogP) is 0.943. The van der Waals surface area contributed by atoms with Crippen molar-refractivity contribution in [1.82, 2.24) is 0 Å². The number of carbonyl (C=O) groups is 1. The second kappa shape index (κ2) is 5.56. The molecule has 0 spiro atoms. The zero-order valence-corrected chi connectivity index (χ0v) is 5.89. The molecule has 0 bridgehead atoms. The molecule has 0 aromatic rings. The van der Waals surface area contributed by atoms with Gasteiger partial charge in [0.05, 0.1) is 6.61 Å². The van der Waals surface area contributed by atoms with Crippen molar-refractivity contribution in [3.05, 3.63) is 5.32 Å². The van der Waals surface area contributed by atoms with E-state index in [-0.39, 0.29) is 5.97 Å². The SMILES string of the molecule is CCOC(=O)CC[N-]C. The molecule has 0 unspecified atom stereocenters. The summed E-state index contributed by atoms with van der Waals surface area (Å²) in [4.78, 5) is 10.5. The molecule has 54 valence electrons. The van der Waals surface area contributed by atoms with Crippen molar-refractivity contribution < 1.29 is 9.53 Å². The minimum atomic E-state index is -0.164. The lowest BCUT2D eigenvalue weighted by molar-refractivity contribution is -0.142. The molecule has 0 saturated carbocycles. The largest absolute Gasteiger partial charge is 0.665 e. The Labute approximate surface area is 55.4 Å². The number of nitrogens with zero attached hydrogens (tertiary/aromatic N) is 1. The Bertz CT molecular complexity index is 83.1. The van der Waals surface area contributed by atoms with Crippen LogP contribution >= 0.6 is 0 Å². The maximum atomic E-state index is 10.5. The molecule has 0 atom stereocenters. The molecule has 0 rings (SSSR count). The van der Waals surface area contributed by atoms with Gasteiger partial charge in [-0.25, -0.2) is 0 Å². The number of rotatable bonds is 4. The molecule has 0 amide bonds. The molecule has 0 aliphatic carbocycles. The average Bonchev–Trinajstić information content (AvgIpc) is 1.85. The molecule has 0 aliphatic rings. The Kier molecular flexibility index (Phi) is 5.21. The number of hydrogen-bond acceptors (Lipinski definition) is 2. The zero-order valence-electron chi connectivity index (χ0n) is 5.89. The highest BCUT2D eigenvalue weighted by Crippen LogP contribution is 1.88. The van der Waals surface area contributed by atoms with E-state index in [1.54, 1.807) is 14.0 Å². The van der Waals surface area contributed by atoms with Crippen LogP contribution < -0.4 is 0 Å². The molecule has 3 nitrogen and oxygen atoms in total. The number of hydrogen-bond donors (Lipinski definition) is 0. The summed E-state index contributed by atoms with van der Waals surface area (Å²) in [6.07, 6.45) is 0.407. The summed E-state index contributed by atoms with van der Waals surface area (Å²) in [6.45, 7) is 2.82. The van der Waals surface area contributed by atoms with Crippen LogP contribution in [0.1, 0.15) is 13.3 Å². The van der Waals surface area contributed by atoms with Gasteiger partial charge in [-0.3, -0.25) is 4.79 Å². The standard InChI is InChI=1S/C6H12NO2/c1-3-9-6(8)4-5-7-2/h3-5H2,1-2H3/q-1. The quantitative estimate of drug-likeness (QED) is 0.531. The van der Waals surface area contributed by atoms with Gasteiger partial charge in [-0.15, -0.1) is 6.54 Å². The van der Waals surface area contributed by atoms with Gasteiger partial charge in [0.2, 0.25) is 0 Å². The van der Waals surface area contributed by atoms with Gasteiger partial charge in [-0.1, -0.05) is 0 Å². The van der Waals surface area contributed by atoms with Crippen LogP contribution in [0.5, 0.6) is 0 Å². The van der Waals surface area contributed by atoms with E-state index < -0.39 is 0 Å². The molecule has 0 saturated heterocycles. The summed E-state index contributed by atoms with van der Waals surface area (Å²) < 4.78 is 4.65. The lowest BCUT2D eigenvalue weighted by atomic mass is 10.4.